The Hall–Kier alpha value is -1.68. The van der Waals surface area contributed by atoms with Gasteiger partial charge >= 0.3 is 0 Å². The van der Waals surface area contributed by atoms with Crippen molar-refractivity contribution in [1.29, 1.82) is 0 Å². The molecule has 2 saturated heterocycles. The predicted octanol–water partition coefficient (Wildman–Crippen LogP) is 3.17. The van der Waals surface area contributed by atoms with E-state index >= 15 is 0 Å². The van der Waals surface area contributed by atoms with Crippen LogP contribution < -0.4 is 0 Å². The molecule has 0 aromatic heterocycles. The smallest absolute Gasteiger partial charge is 0.243 e. The Labute approximate surface area is 202 Å². The van der Waals surface area contributed by atoms with Crippen LogP contribution in [0.3, 0.4) is 0 Å². The van der Waals surface area contributed by atoms with E-state index in [1.807, 2.05) is 41.5 Å². The zero-order chi connectivity index (χ0) is 25.9. The highest BCUT2D eigenvalue weighted by Crippen LogP contribution is 2.24. The molecule has 0 aromatic carbocycles. The SMILES string of the molecule is CC.CC.CC(=O)CN1C(=O)CCC1=O.CCS.CCSC1CC(=O)N(CC(C)=O)C1=O. The summed E-state index contributed by atoms with van der Waals surface area (Å²) in [6.45, 7) is 14.5. The van der Waals surface area contributed by atoms with Gasteiger partial charge in [-0.25, -0.2) is 0 Å². The molecule has 2 aliphatic heterocycles. The number of thiol groups is 1. The first-order valence-corrected chi connectivity index (χ1v) is 12.7. The van der Waals surface area contributed by atoms with Gasteiger partial charge in [-0.05, 0) is 25.4 Å². The third kappa shape index (κ3) is 14.4. The van der Waals surface area contributed by atoms with Crippen LogP contribution in [-0.2, 0) is 28.8 Å². The summed E-state index contributed by atoms with van der Waals surface area (Å²) in [6.07, 6.45) is 0.753. The molecule has 8 nitrogen and oxygen atoms in total. The van der Waals surface area contributed by atoms with Crippen LogP contribution >= 0.6 is 24.4 Å². The monoisotopic (exact) mass is 492 g/mol. The maximum absolute atomic E-state index is 11.6. The van der Waals surface area contributed by atoms with Crippen molar-refractivity contribution in [3.63, 3.8) is 0 Å². The molecule has 0 spiro atoms. The van der Waals surface area contributed by atoms with Gasteiger partial charge in [0.15, 0.2) is 0 Å². The molecule has 2 rings (SSSR count). The minimum Gasteiger partial charge on any atom is -0.298 e. The van der Waals surface area contributed by atoms with Crippen molar-refractivity contribution in [2.45, 2.75) is 79.9 Å². The van der Waals surface area contributed by atoms with E-state index in [2.05, 4.69) is 12.6 Å². The number of nitrogens with zero attached hydrogens (tertiary/aromatic N) is 2. The molecule has 2 heterocycles. The molecule has 186 valence electrons. The van der Waals surface area contributed by atoms with Crippen LogP contribution in [0.25, 0.3) is 0 Å². The maximum atomic E-state index is 11.6. The first kappa shape index (κ1) is 34.9. The number of carbonyl (C=O) groups excluding carboxylic acids is 6. The third-order valence-electron chi connectivity index (χ3n) is 3.49. The summed E-state index contributed by atoms with van der Waals surface area (Å²) in [7, 11) is 0. The second kappa shape index (κ2) is 21.2. The second-order valence-corrected chi connectivity index (χ2v) is 8.17. The molecule has 0 N–H and O–H groups in total. The van der Waals surface area contributed by atoms with Crippen molar-refractivity contribution in [3.8, 4) is 0 Å². The van der Waals surface area contributed by atoms with Crippen LogP contribution in [0.2, 0.25) is 0 Å². The highest BCUT2D eigenvalue weighted by Gasteiger charge is 2.38. The van der Waals surface area contributed by atoms with Gasteiger partial charge in [0.1, 0.15) is 11.6 Å². The lowest BCUT2D eigenvalue weighted by Crippen LogP contribution is -2.35. The molecular weight excluding hydrogens is 452 g/mol. The summed E-state index contributed by atoms with van der Waals surface area (Å²) in [4.78, 5) is 68.1. The fourth-order valence-electron chi connectivity index (χ4n) is 2.39. The normalized spacial score (nSPS) is 16.6. The van der Waals surface area contributed by atoms with Gasteiger partial charge in [-0.3, -0.25) is 38.6 Å². The summed E-state index contributed by atoms with van der Waals surface area (Å²) in [5, 5.41) is -0.271. The lowest BCUT2D eigenvalue weighted by atomic mass is 10.4. The zero-order valence-electron chi connectivity index (χ0n) is 20.7. The van der Waals surface area contributed by atoms with Gasteiger partial charge in [-0.1, -0.05) is 41.5 Å². The van der Waals surface area contributed by atoms with Crippen LogP contribution in [0, 0.1) is 0 Å². The summed E-state index contributed by atoms with van der Waals surface area (Å²) in [5.74, 6) is 0.531. The van der Waals surface area contributed by atoms with E-state index in [1.54, 1.807) is 0 Å². The van der Waals surface area contributed by atoms with Crippen LogP contribution in [0.1, 0.15) is 74.7 Å². The van der Waals surface area contributed by atoms with E-state index in [9.17, 15) is 28.8 Å². The number of carbonyl (C=O) groups is 6. The van der Waals surface area contributed by atoms with Crippen LogP contribution in [-0.4, -0.2) is 74.8 Å². The Kier molecular flexibility index (Phi) is 23.1. The first-order valence-electron chi connectivity index (χ1n) is 11.0. The molecular formula is C22H40N2O6S2. The average Bonchev–Trinajstić information content (AvgIpc) is 3.19. The Morgan fingerprint density at radius 2 is 1.22 bits per heavy atom. The summed E-state index contributed by atoms with van der Waals surface area (Å²) in [5.41, 5.74) is 0. The Morgan fingerprint density at radius 3 is 1.56 bits per heavy atom. The standard InChI is InChI=1S/C9H13NO3S.C7H9NO3.C2H6S.2C2H6/c1-3-14-7-4-8(12)10(9(7)13)5-6(2)11;1-5(9)4-8-6(10)2-3-7(8)11;1-2-3;2*1-2/h7H,3-5H2,1-2H3;2-4H2,1H3;3H,2H2,1H3;2*1-2H3. The van der Waals surface area contributed by atoms with Gasteiger partial charge in [0.05, 0.1) is 18.3 Å². The van der Waals surface area contributed by atoms with Crippen LogP contribution in [0.5, 0.6) is 0 Å². The molecule has 1 atom stereocenters. The first-order chi connectivity index (χ1) is 15.1. The largest absolute Gasteiger partial charge is 0.298 e. The molecule has 0 aromatic rings. The van der Waals surface area contributed by atoms with Crippen molar-refractivity contribution in [1.82, 2.24) is 9.80 Å². The number of thioether (sulfide) groups is 1. The minimum absolute atomic E-state index is 0.0579. The number of imide groups is 2. The van der Waals surface area contributed by atoms with Gasteiger partial charge in [0.2, 0.25) is 23.6 Å². The summed E-state index contributed by atoms with van der Waals surface area (Å²) >= 11 is 5.25. The van der Waals surface area contributed by atoms with Crippen LogP contribution in [0.15, 0.2) is 0 Å². The molecule has 32 heavy (non-hydrogen) atoms. The third-order valence-corrected chi connectivity index (χ3v) is 4.59. The van der Waals surface area contributed by atoms with Crippen molar-refractivity contribution >= 4 is 59.6 Å². The van der Waals surface area contributed by atoms with Gasteiger partial charge < -0.3 is 0 Å². The molecule has 0 saturated carbocycles. The topological polar surface area (TPSA) is 109 Å². The number of hydrogen-bond donors (Lipinski definition) is 1. The maximum Gasteiger partial charge on any atom is 0.243 e. The van der Waals surface area contributed by atoms with Crippen molar-refractivity contribution < 1.29 is 28.8 Å². The fourth-order valence-corrected chi connectivity index (χ4v) is 3.33. The number of hydrogen-bond acceptors (Lipinski definition) is 8. The highest BCUT2D eigenvalue weighted by molar-refractivity contribution is 8.00. The molecule has 1 unspecified atom stereocenters. The molecule has 2 aliphatic rings. The number of amides is 4. The quantitative estimate of drug-likeness (QED) is 0.448. The molecule has 0 aliphatic carbocycles. The summed E-state index contributed by atoms with van der Waals surface area (Å²) < 4.78 is 0. The van der Waals surface area contributed by atoms with E-state index in [4.69, 9.17) is 0 Å². The van der Waals surface area contributed by atoms with Gasteiger partial charge in [0.25, 0.3) is 0 Å². The van der Waals surface area contributed by atoms with Gasteiger partial charge in [-0.15, -0.1) is 11.8 Å². The molecule has 2 fully saturated rings. The zero-order valence-corrected chi connectivity index (χ0v) is 22.4. The minimum atomic E-state index is -0.271. The molecule has 10 heteroatoms. The lowest BCUT2D eigenvalue weighted by molar-refractivity contribution is -0.142. The van der Waals surface area contributed by atoms with Crippen molar-refractivity contribution in [2.75, 3.05) is 24.6 Å². The number of ketones is 2. The predicted molar refractivity (Wildman–Crippen MR) is 133 cm³/mol. The Bertz CT molecular complexity index is 610. The Morgan fingerprint density at radius 1 is 0.844 bits per heavy atom. The van der Waals surface area contributed by atoms with E-state index in [-0.39, 0.29) is 72.8 Å². The summed E-state index contributed by atoms with van der Waals surface area (Å²) in [6, 6.07) is 0. The molecule has 4 amide bonds. The van der Waals surface area contributed by atoms with E-state index in [0.29, 0.717) is 0 Å². The van der Waals surface area contributed by atoms with Crippen molar-refractivity contribution in [2.24, 2.45) is 0 Å². The van der Waals surface area contributed by atoms with E-state index < -0.39 is 0 Å². The molecule has 0 radical (unpaired) electrons. The van der Waals surface area contributed by atoms with E-state index in [1.165, 1.54) is 25.6 Å². The van der Waals surface area contributed by atoms with E-state index in [0.717, 1.165) is 21.3 Å². The van der Waals surface area contributed by atoms with Gasteiger partial charge in [-0.2, -0.15) is 12.6 Å². The molecule has 0 bridgehead atoms. The average molecular weight is 493 g/mol. The number of Topliss-reactive ketones (excluding diaryl/α,β-unsaturated/α-hetero) is 2. The lowest BCUT2D eigenvalue weighted by Gasteiger charge is -2.11. The highest BCUT2D eigenvalue weighted by atomic mass is 32.2. The van der Waals surface area contributed by atoms with Gasteiger partial charge in [0, 0.05) is 19.3 Å². The van der Waals surface area contributed by atoms with Crippen molar-refractivity contribution in [3.05, 3.63) is 0 Å². The fraction of sp³-hybridized carbons (Fsp3) is 0.727. The number of likely N-dealkylation sites (tertiary alicyclic amines) is 2. The number of rotatable bonds is 6. The second-order valence-electron chi connectivity index (χ2n) is 6.06. The Balaban J connectivity index is -0.000000417. The van der Waals surface area contributed by atoms with Crippen LogP contribution in [0.4, 0.5) is 0 Å².